The van der Waals surface area contributed by atoms with E-state index in [0.717, 1.165) is 20.1 Å². The lowest BCUT2D eigenvalue weighted by Gasteiger charge is -2.22. The van der Waals surface area contributed by atoms with Gasteiger partial charge in [-0.1, -0.05) is 13.0 Å². The summed E-state index contributed by atoms with van der Waals surface area (Å²) in [5, 5.41) is 11.6. The molecule has 0 amide bonds. The molecule has 2 rings (SSSR count). The third-order valence-electron chi connectivity index (χ3n) is 2.97. The van der Waals surface area contributed by atoms with E-state index >= 15 is 0 Å². The van der Waals surface area contributed by atoms with E-state index in [0.29, 0.717) is 12.1 Å². The van der Waals surface area contributed by atoms with Gasteiger partial charge in [0, 0.05) is 18.5 Å². The number of carboxylic acids is 1. The van der Waals surface area contributed by atoms with Crippen LogP contribution in [0.15, 0.2) is 38.3 Å². The van der Waals surface area contributed by atoms with Crippen LogP contribution >= 0.6 is 39.0 Å². The largest absolute Gasteiger partial charge is 0.478 e. The van der Waals surface area contributed by atoms with Gasteiger partial charge in [0.2, 0.25) is 0 Å². The minimum absolute atomic E-state index is 0.390. The second-order valence-corrected chi connectivity index (χ2v) is 8.10. The summed E-state index contributed by atoms with van der Waals surface area (Å²) in [5.41, 5.74) is 2.31. The number of carboxylic acid groups (broad SMARTS) is 1. The first-order valence-electron chi connectivity index (χ1n) is 6.46. The number of halogens is 1. The molecule has 0 saturated heterocycles. The van der Waals surface area contributed by atoms with E-state index in [2.05, 4.69) is 27.4 Å². The van der Waals surface area contributed by atoms with Gasteiger partial charge in [-0.3, -0.25) is 0 Å². The van der Waals surface area contributed by atoms with E-state index in [4.69, 9.17) is 0 Å². The highest BCUT2D eigenvalue weighted by atomic mass is 79.9. The van der Waals surface area contributed by atoms with Crippen molar-refractivity contribution >= 4 is 50.7 Å². The molecule has 0 fully saturated rings. The summed E-state index contributed by atoms with van der Waals surface area (Å²) >= 11 is 6.64. The molecule has 0 aliphatic heterocycles. The van der Waals surface area contributed by atoms with Crippen molar-refractivity contribution < 1.29 is 9.90 Å². The number of hydrogen-bond donors (Lipinski definition) is 1. The fourth-order valence-electron chi connectivity index (χ4n) is 2.12. The Morgan fingerprint density at radius 1 is 1.48 bits per heavy atom. The topological polar surface area (TPSA) is 40.5 Å². The lowest BCUT2D eigenvalue weighted by Crippen LogP contribution is -2.19. The molecule has 0 aliphatic rings. The van der Waals surface area contributed by atoms with Crippen molar-refractivity contribution in [3.63, 3.8) is 0 Å². The van der Waals surface area contributed by atoms with Crippen LogP contribution in [0.2, 0.25) is 0 Å². The molecule has 0 aliphatic carbocycles. The van der Waals surface area contributed by atoms with Crippen LogP contribution in [-0.4, -0.2) is 23.9 Å². The molecule has 1 N–H and O–H groups in total. The van der Waals surface area contributed by atoms with Gasteiger partial charge in [-0.2, -0.15) is 0 Å². The van der Waals surface area contributed by atoms with Crippen LogP contribution in [0, 0.1) is 0 Å². The van der Waals surface area contributed by atoms with Gasteiger partial charge in [0.15, 0.2) is 0 Å². The van der Waals surface area contributed by atoms with Gasteiger partial charge in [-0.15, -0.1) is 23.1 Å². The summed E-state index contributed by atoms with van der Waals surface area (Å²) in [7, 11) is 1.92. The molecule has 0 bridgehead atoms. The maximum Gasteiger partial charge on any atom is 0.338 e. The minimum Gasteiger partial charge on any atom is -0.478 e. The summed E-state index contributed by atoms with van der Waals surface area (Å²) < 4.78 is 1.08. The first kappa shape index (κ1) is 16.4. The zero-order valence-electron chi connectivity index (χ0n) is 11.8. The number of rotatable bonds is 6. The van der Waals surface area contributed by atoms with E-state index in [1.165, 1.54) is 5.56 Å². The molecule has 21 heavy (non-hydrogen) atoms. The predicted molar refractivity (Wildman–Crippen MR) is 93.9 cm³/mol. The Balaban J connectivity index is 2.33. The third kappa shape index (κ3) is 4.02. The van der Waals surface area contributed by atoms with E-state index in [1.54, 1.807) is 23.1 Å². The molecule has 112 valence electrons. The van der Waals surface area contributed by atoms with Crippen molar-refractivity contribution in [1.82, 2.24) is 0 Å². The second kappa shape index (κ2) is 7.33. The van der Waals surface area contributed by atoms with Gasteiger partial charge in [0.05, 0.1) is 15.0 Å². The quantitative estimate of drug-likeness (QED) is 0.713. The number of thioether (sulfide) groups is 1. The molecule has 0 atom stereocenters. The highest BCUT2D eigenvalue weighted by molar-refractivity contribution is 9.11. The molecule has 0 saturated carbocycles. The molecule has 0 radical (unpaired) electrons. The molecule has 3 nitrogen and oxygen atoms in total. The Kier molecular flexibility index (Phi) is 5.72. The smallest absolute Gasteiger partial charge is 0.338 e. The zero-order chi connectivity index (χ0) is 15.4. The molecule has 0 spiro atoms. The average Bonchev–Trinajstić information content (AvgIpc) is 2.84. The molecule has 1 aromatic heterocycles. The minimum atomic E-state index is -0.875. The van der Waals surface area contributed by atoms with Gasteiger partial charge < -0.3 is 10.0 Å². The van der Waals surface area contributed by atoms with Crippen LogP contribution in [0.4, 0.5) is 5.69 Å². The zero-order valence-corrected chi connectivity index (χ0v) is 15.0. The number of aromatic carboxylic acids is 1. The van der Waals surface area contributed by atoms with Gasteiger partial charge >= 0.3 is 5.97 Å². The predicted octanol–water partition coefficient (Wildman–Crippen LogP) is 4.96. The Morgan fingerprint density at radius 3 is 2.81 bits per heavy atom. The lowest BCUT2D eigenvalue weighted by molar-refractivity contribution is 0.0694. The fourth-order valence-corrected chi connectivity index (χ4v) is 4.14. The number of nitrogens with zero attached hydrogens (tertiary/aromatic N) is 1. The van der Waals surface area contributed by atoms with E-state index in [9.17, 15) is 9.90 Å². The van der Waals surface area contributed by atoms with Crippen molar-refractivity contribution in [3.8, 4) is 0 Å². The van der Waals surface area contributed by atoms with Crippen molar-refractivity contribution in [3.05, 3.63) is 44.6 Å². The van der Waals surface area contributed by atoms with Crippen LogP contribution in [0.25, 0.3) is 0 Å². The monoisotopic (exact) mass is 385 g/mol. The van der Waals surface area contributed by atoms with Crippen LogP contribution in [0.1, 0.15) is 22.8 Å². The summed E-state index contributed by atoms with van der Waals surface area (Å²) in [6.45, 7) is 2.71. The fraction of sp³-hybridized carbons (Fsp3) is 0.267. The molecule has 2 aromatic rings. The Bertz CT molecular complexity index is 642. The van der Waals surface area contributed by atoms with E-state index in [-0.39, 0.29) is 0 Å². The normalized spacial score (nSPS) is 10.6. The van der Waals surface area contributed by atoms with Gasteiger partial charge in [-0.05, 0) is 50.8 Å². The highest BCUT2D eigenvalue weighted by Gasteiger charge is 2.18. The maximum atomic E-state index is 11.6. The SMILES string of the molecule is CCSc1cccc(N(C)Cc2csc(Br)c2)c1C(=O)O. The standard InChI is InChI=1S/C15H16BrNO2S2/c1-3-20-12-6-4-5-11(14(12)15(18)19)17(2)8-10-7-13(16)21-9-10/h4-7,9H,3,8H2,1-2H3,(H,18,19). The van der Waals surface area contributed by atoms with E-state index < -0.39 is 5.97 Å². The first-order chi connectivity index (χ1) is 10.0. The highest BCUT2D eigenvalue weighted by Crippen LogP contribution is 2.31. The summed E-state index contributed by atoms with van der Waals surface area (Å²) in [6, 6.07) is 7.72. The maximum absolute atomic E-state index is 11.6. The number of anilines is 1. The number of thiophene rings is 1. The molecular weight excluding hydrogens is 370 g/mol. The Hall–Kier alpha value is -0.980. The van der Waals surface area contributed by atoms with Crippen LogP contribution in [0.5, 0.6) is 0 Å². The van der Waals surface area contributed by atoms with Gasteiger partial charge in [-0.25, -0.2) is 4.79 Å². The molecular formula is C15H16BrNO2S2. The molecule has 1 heterocycles. The second-order valence-electron chi connectivity index (χ2n) is 4.50. The van der Waals surface area contributed by atoms with Gasteiger partial charge in [0.1, 0.15) is 0 Å². The van der Waals surface area contributed by atoms with Crippen LogP contribution in [0.3, 0.4) is 0 Å². The lowest BCUT2D eigenvalue weighted by atomic mass is 10.1. The molecule has 0 unspecified atom stereocenters. The van der Waals surface area contributed by atoms with Crippen molar-refractivity contribution in [2.45, 2.75) is 18.4 Å². The van der Waals surface area contributed by atoms with Crippen molar-refractivity contribution in [2.75, 3.05) is 17.7 Å². The van der Waals surface area contributed by atoms with Crippen LogP contribution < -0.4 is 4.90 Å². The number of carbonyl (C=O) groups is 1. The summed E-state index contributed by atoms with van der Waals surface area (Å²) in [5.74, 6) is -0.0230. The summed E-state index contributed by atoms with van der Waals surface area (Å²) in [4.78, 5) is 14.4. The third-order valence-corrected chi connectivity index (χ3v) is 5.46. The number of benzene rings is 1. The van der Waals surface area contributed by atoms with Crippen LogP contribution in [-0.2, 0) is 6.54 Å². The van der Waals surface area contributed by atoms with E-state index in [1.807, 2.05) is 37.1 Å². The summed E-state index contributed by atoms with van der Waals surface area (Å²) in [6.07, 6.45) is 0. The van der Waals surface area contributed by atoms with Crippen molar-refractivity contribution in [1.29, 1.82) is 0 Å². The Morgan fingerprint density at radius 2 is 2.24 bits per heavy atom. The molecule has 1 aromatic carbocycles. The first-order valence-corrected chi connectivity index (χ1v) is 9.12. The van der Waals surface area contributed by atoms with Crippen molar-refractivity contribution in [2.24, 2.45) is 0 Å². The number of hydrogen-bond acceptors (Lipinski definition) is 4. The Labute approximate surface area is 141 Å². The molecule has 6 heteroatoms. The van der Waals surface area contributed by atoms with Gasteiger partial charge in [0.25, 0.3) is 0 Å². The average molecular weight is 386 g/mol.